The number of aryl methyl sites for hydroxylation is 1. The topological polar surface area (TPSA) is 12.0 Å². The first kappa shape index (κ1) is 11.3. The molecule has 0 radical (unpaired) electrons. The van der Waals surface area contributed by atoms with Crippen LogP contribution in [0.5, 0.6) is 0 Å². The maximum Gasteiger partial charge on any atom is 0.0307 e. The molecule has 0 fully saturated rings. The fourth-order valence-corrected chi connectivity index (χ4v) is 1.42. The van der Waals surface area contributed by atoms with Crippen LogP contribution in [0, 0.1) is 6.92 Å². The van der Waals surface area contributed by atoms with Gasteiger partial charge in [-0.15, -0.1) is 0 Å². The van der Waals surface area contributed by atoms with Gasteiger partial charge in [0.05, 0.1) is 0 Å². The molecule has 0 aliphatic heterocycles. The first-order chi connectivity index (χ1) is 6.68. The predicted octanol–water partition coefficient (Wildman–Crippen LogP) is 2.88. The van der Waals surface area contributed by atoms with Crippen LogP contribution >= 0.6 is 11.6 Å². The van der Waals surface area contributed by atoms with Crippen LogP contribution in [0.2, 0.25) is 0 Å². The Hall–Kier alpha value is -0.790. The van der Waals surface area contributed by atoms with E-state index in [2.05, 4.69) is 43.1 Å². The van der Waals surface area contributed by atoms with Crippen molar-refractivity contribution in [1.29, 1.82) is 0 Å². The van der Waals surface area contributed by atoms with Crippen molar-refractivity contribution < 1.29 is 0 Å². The van der Waals surface area contributed by atoms with E-state index in [1.165, 1.54) is 11.1 Å². The van der Waals surface area contributed by atoms with E-state index in [4.69, 9.17) is 11.6 Å². The smallest absolute Gasteiger partial charge is 0.0307 e. The van der Waals surface area contributed by atoms with Crippen molar-refractivity contribution in [2.75, 3.05) is 13.1 Å². The molecule has 0 saturated heterocycles. The fraction of sp³-hybridized carbons (Fsp3) is 0.333. The molecule has 14 heavy (non-hydrogen) atoms. The fourth-order valence-electron chi connectivity index (χ4n) is 1.32. The van der Waals surface area contributed by atoms with Gasteiger partial charge >= 0.3 is 0 Å². The standard InChI is InChI=1S/C12H16ClN/c1-10-4-3-5-12(8-10)6-7-14-9-11(2)13/h3-5,8,14H,2,6-7,9H2,1H3. The van der Waals surface area contributed by atoms with Crippen LogP contribution in [0.15, 0.2) is 35.9 Å². The molecule has 0 amide bonds. The Bertz CT molecular complexity index is 307. The molecule has 0 saturated carbocycles. The molecule has 0 atom stereocenters. The maximum absolute atomic E-state index is 5.63. The third kappa shape index (κ3) is 4.45. The van der Waals surface area contributed by atoms with Crippen molar-refractivity contribution in [1.82, 2.24) is 5.32 Å². The highest BCUT2D eigenvalue weighted by Gasteiger charge is 1.93. The van der Waals surface area contributed by atoms with Crippen LogP contribution in [-0.2, 0) is 6.42 Å². The molecule has 0 aliphatic rings. The minimum Gasteiger partial charge on any atom is -0.311 e. The molecule has 0 unspecified atom stereocenters. The third-order valence-corrected chi connectivity index (χ3v) is 2.12. The second-order valence-corrected chi connectivity index (χ2v) is 3.97. The molecule has 1 nitrogen and oxygen atoms in total. The summed E-state index contributed by atoms with van der Waals surface area (Å²) in [6, 6.07) is 8.55. The van der Waals surface area contributed by atoms with E-state index in [0.29, 0.717) is 11.6 Å². The van der Waals surface area contributed by atoms with Crippen LogP contribution in [0.25, 0.3) is 0 Å². The zero-order valence-corrected chi connectivity index (χ0v) is 9.27. The van der Waals surface area contributed by atoms with Gasteiger partial charge in [0.2, 0.25) is 0 Å². The van der Waals surface area contributed by atoms with E-state index in [1.807, 2.05) is 0 Å². The van der Waals surface area contributed by atoms with Crippen LogP contribution in [0.4, 0.5) is 0 Å². The Labute approximate surface area is 90.8 Å². The Morgan fingerprint density at radius 3 is 2.93 bits per heavy atom. The highest BCUT2D eigenvalue weighted by atomic mass is 35.5. The normalized spacial score (nSPS) is 10.1. The number of rotatable bonds is 5. The number of nitrogens with one attached hydrogen (secondary N) is 1. The summed E-state index contributed by atoms with van der Waals surface area (Å²) in [5.74, 6) is 0. The lowest BCUT2D eigenvalue weighted by Gasteiger charge is -2.04. The average molecular weight is 210 g/mol. The van der Waals surface area contributed by atoms with Crippen molar-refractivity contribution in [3.8, 4) is 0 Å². The summed E-state index contributed by atoms with van der Waals surface area (Å²) in [7, 11) is 0. The number of halogens is 1. The lowest BCUT2D eigenvalue weighted by Crippen LogP contribution is -2.18. The molecule has 1 aromatic rings. The van der Waals surface area contributed by atoms with Crippen molar-refractivity contribution in [2.24, 2.45) is 0 Å². The van der Waals surface area contributed by atoms with E-state index < -0.39 is 0 Å². The van der Waals surface area contributed by atoms with E-state index in [-0.39, 0.29) is 0 Å². The van der Waals surface area contributed by atoms with Gasteiger partial charge in [0.25, 0.3) is 0 Å². The Morgan fingerprint density at radius 2 is 2.29 bits per heavy atom. The molecule has 0 bridgehead atoms. The van der Waals surface area contributed by atoms with Gasteiger partial charge in [0, 0.05) is 11.6 Å². The first-order valence-corrected chi connectivity index (χ1v) is 5.16. The van der Waals surface area contributed by atoms with Crippen LogP contribution < -0.4 is 5.32 Å². The predicted molar refractivity (Wildman–Crippen MR) is 62.7 cm³/mol. The number of hydrogen-bond acceptors (Lipinski definition) is 1. The van der Waals surface area contributed by atoms with Gasteiger partial charge in [0.1, 0.15) is 0 Å². The molecule has 2 heteroatoms. The molecule has 1 N–H and O–H groups in total. The van der Waals surface area contributed by atoms with Crippen LogP contribution in [0.1, 0.15) is 11.1 Å². The van der Waals surface area contributed by atoms with Gasteiger partial charge in [-0.1, -0.05) is 48.0 Å². The average Bonchev–Trinajstić information content (AvgIpc) is 2.12. The molecule has 76 valence electrons. The highest BCUT2D eigenvalue weighted by molar-refractivity contribution is 6.29. The number of benzene rings is 1. The van der Waals surface area contributed by atoms with E-state index in [1.54, 1.807) is 0 Å². The lowest BCUT2D eigenvalue weighted by molar-refractivity contribution is 0.740. The van der Waals surface area contributed by atoms with E-state index in [9.17, 15) is 0 Å². The summed E-state index contributed by atoms with van der Waals surface area (Å²) in [5.41, 5.74) is 2.67. The summed E-state index contributed by atoms with van der Waals surface area (Å²) in [4.78, 5) is 0. The first-order valence-electron chi connectivity index (χ1n) is 4.78. The van der Waals surface area contributed by atoms with Gasteiger partial charge in [-0.3, -0.25) is 0 Å². The minimum absolute atomic E-state index is 0.661. The SMILES string of the molecule is C=C(Cl)CNCCc1cccc(C)c1. The van der Waals surface area contributed by atoms with Crippen molar-refractivity contribution in [2.45, 2.75) is 13.3 Å². The Balaban J connectivity index is 2.28. The van der Waals surface area contributed by atoms with Crippen LogP contribution in [0.3, 0.4) is 0 Å². The molecule has 0 heterocycles. The zero-order chi connectivity index (χ0) is 10.4. The molecular weight excluding hydrogens is 194 g/mol. The highest BCUT2D eigenvalue weighted by Crippen LogP contribution is 2.04. The maximum atomic E-state index is 5.63. The van der Waals surface area contributed by atoms with Crippen molar-refractivity contribution in [3.05, 3.63) is 47.0 Å². The second-order valence-electron chi connectivity index (χ2n) is 3.43. The quantitative estimate of drug-likeness (QED) is 0.736. The van der Waals surface area contributed by atoms with E-state index >= 15 is 0 Å². The van der Waals surface area contributed by atoms with Gasteiger partial charge in [-0.2, -0.15) is 0 Å². The largest absolute Gasteiger partial charge is 0.311 e. The Morgan fingerprint density at radius 1 is 1.50 bits per heavy atom. The summed E-state index contributed by atoms with van der Waals surface area (Å²) in [5, 5.41) is 3.88. The van der Waals surface area contributed by atoms with E-state index in [0.717, 1.165) is 13.0 Å². The van der Waals surface area contributed by atoms with Gasteiger partial charge in [-0.25, -0.2) is 0 Å². The van der Waals surface area contributed by atoms with Crippen molar-refractivity contribution >= 4 is 11.6 Å². The van der Waals surface area contributed by atoms with Crippen molar-refractivity contribution in [3.63, 3.8) is 0 Å². The van der Waals surface area contributed by atoms with Gasteiger partial charge in [-0.05, 0) is 25.5 Å². The summed E-state index contributed by atoms with van der Waals surface area (Å²) < 4.78 is 0. The van der Waals surface area contributed by atoms with Gasteiger partial charge in [0.15, 0.2) is 0 Å². The van der Waals surface area contributed by atoms with Gasteiger partial charge < -0.3 is 5.32 Å². The van der Waals surface area contributed by atoms with Crippen LogP contribution in [-0.4, -0.2) is 13.1 Å². The summed E-state index contributed by atoms with van der Waals surface area (Å²) in [6.45, 7) is 7.35. The molecule has 0 aliphatic carbocycles. The molecule has 0 spiro atoms. The molecular formula is C12H16ClN. The third-order valence-electron chi connectivity index (χ3n) is 1.99. The Kier molecular flexibility index (Phi) is 4.71. The summed E-state index contributed by atoms with van der Waals surface area (Å²) in [6.07, 6.45) is 1.03. The minimum atomic E-state index is 0.661. The molecule has 0 aromatic heterocycles. The number of hydrogen-bond donors (Lipinski definition) is 1. The lowest BCUT2D eigenvalue weighted by atomic mass is 10.1. The molecule has 1 rings (SSSR count). The summed E-state index contributed by atoms with van der Waals surface area (Å²) >= 11 is 5.63. The zero-order valence-electron chi connectivity index (χ0n) is 8.52. The monoisotopic (exact) mass is 209 g/mol. The molecule has 1 aromatic carbocycles. The second kappa shape index (κ2) is 5.84.